The Balaban J connectivity index is 1.35. The van der Waals surface area contributed by atoms with Gasteiger partial charge in [-0.15, -0.1) is 0 Å². The van der Waals surface area contributed by atoms with Crippen molar-refractivity contribution in [1.29, 1.82) is 0 Å². The maximum absolute atomic E-state index is 14.2. The summed E-state index contributed by atoms with van der Waals surface area (Å²) in [6, 6.07) is 28.2. The Bertz CT molecular complexity index is 1830. The van der Waals surface area contributed by atoms with Crippen LogP contribution in [0.3, 0.4) is 0 Å². The zero-order valence-electron chi connectivity index (χ0n) is 28.8. The summed E-state index contributed by atoms with van der Waals surface area (Å²) in [4.78, 5) is 30.1. The van der Waals surface area contributed by atoms with Crippen LogP contribution in [-0.4, -0.2) is 70.4 Å². The van der Waals surface area contributed by atoms with Crippen LogP contribution < -0.4 is 19.5 Å². The number of hydrogen-bond donors (Lipinski definition) is 1. The predicted molar refractivity (Wildman–Crippen MR) is 192 cm³/mol. The largest absolute Gasteiger partial charge is 0.497 e. The zero-order valence-corrected chi connectivity index (χ0v) is 29.7. The number of sulfonamides is 1. The minimum Gasteiger partial charge on any atom is -0.497 e. The minimum atomic E-state index is -3.53. The number of methoxy groups -OCH3 is 3. The molecule has 1 N–H and O–H groups in total. The topological polar surface area (TPSA) is 114 Å². The van der Waals surface area contributed by atoms with E-state index < -0.39 is 16.1 Å². The summed E-state index contributed by atoms with van der Waals surface area (Å²) < 4.78 is 43.6. The maximum atomic E-state index is 14.2. The molecule has 50 heavy (non-hydrogen) atoms. The van der Waals surface area contributed by atoms with Gasteiger partial charge in [0.1, 0.15) is 11.8 Å². The Hall–Kier alpha value is -4.87. The van der Waals surface area contributed by atoms with Crippen LogP contribution in [0.1, 0.15) is 47.6 Å². The number of ether oxygens (including phenoxy) is 3. The Morgan fingerprint density at radius 1 is 0.760 bits per heavy atom. The van der Waals surface area contributed by atoms with Crippen molar-refractivity contribution in [3.63, 3.8) is 0 Å². The molecular weight excluding hydrogens is 655 g/mol. The van der Waals surface area contributed by atoms with E-state index >= 15 is 0 Å². The third-order valence-electron chi connectivity index (χ3n) is 8.92. The highest BCUT2D eigenvalue weighted by Crippen LogP contribution is 2.29. The Morgan fingerprint density at radius 3 is 2.04 bits per heavy atom. The second-order valence-corrected chi connectivity index (χ2v) is 14.1. The highest BCUT2D eigenvalue weighted by atomic mass is 32.2. The summed E-state index contributed by atoms with van der Waals surface area (Å²) in [6.45, 7) is 1.61. The molecule has 1 aliphatic heterocycles. The highest BCUT2D eigenvalue weighted by molar-refractivity contribution is 7.89. The average Bonchev–Trinajstić information content (AvgIpc) is 3.71. The molecule has 11 heteroatoms. The number of rotatable bonds is 16. The van der Waals surface area contributed by atoms with Crippen LogP contribution in [0, 0.1) is 0 Å². The molecule has 0 aromatic heterocycles. The fourth-order valence-corrected chi connectivity index (χ4v) is 7.64. The normalized spacial score (nSPS) is 13.7. The van der Waals surface area contributed by atoms with Crippen LogP contribution in [0.15, 0.2) is 102 Å². The van der Waals surface area contributed by atoms with Gasteiger partial charge in [0, 0.05) is 32.6 Å². The highest BCUT2D eigenvalue weighted by Gasteiger charge is 2.32. The first-order valence-corrected chi connectivity index (χ1v) is 18.2. The maximum Gasteiger partial charge on any atom is 0.247 e. The third kappa shape index (κ3) is 9.02. The Morgan fingerprint density at radius 2 is 1.40 bits per heavy atom. The van der Waals surface area contributed by atoms with Crippen molar-refractivity contribution < 1.29 is 32.2 Å². The second kappa shape index (κ2) is 17.2. The van der Waals surface area contributed by atoms with Crippen LogP contribution in [0.2, 0.25) is 0 Å². The van der Waals surface area contributed by atoms with Crippen molar-refractivity contribution in [3.05, 3.63) is 119 Å². The molecule has 1 aliphatic rings. The van der Waals surface area contributed by atoms with Crippen LogP contribution in [0.4, 0.5) is 0 Å². The lowest BCUT2D eigenvalue weighted by molar-refractivity contribution is -0.141. The fourth-order valence-electron chi connectivity index (χ4n) is 6.12. The molecule has 1 fully saturated rings. The van der Waals surface area contributed by atoms with Gasteiger partial charge in [0.05, 0.1) is 26.2 Å². The van der Waals surface area contributed by atoms with Crippen molar-refractivity contribution in [1.82, 2.24) is 14.5 Å². The van der Waals surface area contributed by atoms with Crippen molar-refractivity contribution >= 4 is 21.8 Å². The van der Waals surface area contributed by atoms with Gasteiger partial charge in [-0.1, -0.05) is 60.7 Å². The summed E-state index contributed by atoms with van der Waals surface area (Å²) in [5, 5.41) is 3.07. The molecular formula is C39H45N3O7S. The molecule has 0 saturated carbocycles. The summed E-state index contributed by atoms with van der Waals surface area (Å²) >= 11 is 0. The first-order chi connectivity index (χ1) is 24.2. The Kier molecular flexibility index (Phi) is 12.5. The predicted octanol–water partition coefficient (Wildman–Crippen LogP) is 5.56. The van der Waals surface area contributed by atoms with Gasteiger partial charge in [0.15, 0.2) is 11.5 Å². The first-order valence-electron chi connectivity index (χ1n) is 16.8. The van der Waals surface area contributed by atoms with Gasteiger partial charge in [-0.25, -0.2) is 8.42 Å². The van der Waals surface area contributed by atoms with E-state index in [1.165, 1.54) is 4.31 Å². The molecule has 264 valence electrons. The quantitative estimate of drug-likeness (QED) is 0.163. The second-order valence-electron chi connectivity index (χ2n) is 12.2. The molecule has 2 amide bonds. The number of nitrogens with zero attached hydrogens (tertiary/aromatic N) is 2. The van der Waals surface area contributed by atoms with E-state index in [2.05, 4.69) is 5.32 Å². The molecule has 1 heterocycles. The molecule has 0 radical (unpaired) electrons. The molecule has 0 unspecified atom stereocenters. The van der Waals surface area contributed by atoms with Gasteiger partial charge in [-0.3, -0.25) is 9.59 Å². The minimum absolute atomic E-state index is 0.122. The number of nitrogens with one attached hydrogen (secondary N) is 1. The Labute approximate surface area is 295 Å². The van der Waals surface area contributed by atoms with E-state index in [1.54, 1.807) is 50.5 Å². The van der Waals surface area contributed by atoms with E-state index in [9.17, 15) is 18.0 Å². The van der Waals surface area contributed by atoms with E-state index in [0.717, 1.165) is 29.5 Å². The number of aryl methyl sites for hydroxylation is 1. The summed E-state index contributed by atoms with van der Waals surface area (Å²) in [6.07, 6.45) is 2.78. The third-order valence-corrected chi connectivity index (χ3v) is 10.8. The van der Waals surface area contributed by atoms with Gasteiger partial charge in [-0.05, 0) is 84.3 Å². The van der Waals surface area contributed by atoms with E-state index in [4.69, 9.17) is 14.2 Å². The molecule has 0 spiro atoms. The number of hydrogen-bond acceptors (Lipinski definition) is 7. The molecule has 0 aliphatic carbocycles. The monoisotopic (exact) mass is 699 g/mol. The summed E-state index contributed by atoms with van der Waals surface area (Å²) in [5.74, 6) is 1.42. The summed E-state index contributed by atoms with van der Waals surface area (Å²) in [5.41, 5.74) is 3.33. The molecule has 1 saturated heterocycles. The fraction of sp³-hybridized carbons (Fsp3) is 0.333. The number of carbonyl (C=O) groups is 2. The molecule has 5 rings (SSSR count). The van der Waals surface area contributed by atoms with Gasteiger partial charge in [0.2, 0.25) is 21.8 Å². The average molecular weight is 700 g/mol. The number of benzene rings is 4. The van der Waals surface area contributed by atoms with Gasteiger partial charge in [-0.2, -0.15) is 4.31 Å². The van der Waals surface area contributed by atoms with Crippen LogP contribution >= 0.6 is 0 Å². The molecule has 0 bridgehead atoms. The lowest BCUT2D eigenvalue weighted by atomic mass is 10.0. The van der Waals surface area contributed by atoms with Crippen LogP contribution in [-0.2, 0) is 39.0 Å². The first kappa shape index (κ1) is 36.4. The van der Waals surface area contributed by atoms with Gasteiger partial charge >= 0.3 is 0 Å². The van der Waals surface area contributed by atoms with Crippen molar-refractivity contribution in [2.24, 2.45) is 0 Å². The number of amides is 2. The SMILES string of the molecule is COc1ccc(CN(C(=O)CCc2ccc(S(=O)(=O)N3CCCC3)cc2)[C@@H](C(=O)NCCc2ccc(OC)c(OC)c2)c2ccccc2)cc1. The molecule has 10 nitrogen and oxygen atoms in total. The van der Waals surface area contributed by atoms with Crippen molar-refractivity contribution in [2.75, 3.05) is 41.0 Å². The molecule has 1 atom stereocenters. The van der Waals surface area contributed by atoms with Gasteiger partial charge < -0.3 is 24.4 Å². The standard InChI is InChI=1S/C39H45N3O7S/c1-47-33-17-11-31(12-18-33)28-42(37(43)22-16-29-13-19-34(20-14-29)50(45,46)41-25-7-8-26-41)38(32-9-5-4-6-10-32)39(44)40-24-23-30-15-21-35(48-2)36(27-30)49-3/h4-6,9-15,17-21,27,38H,7-8,16,22-26,28H2,1-3H3,(H,40,44)/t38-/m1/s1. The zero-order chi connectivity index (χ0) is 35.5. The van der Waals surface area contributed by atoms with Crippen LogP contribution in [0.25, 0.3) is 0 Å². The van der Waals surface area contributed by atoms with E-state index in [0.29, 0.717) is 55.3 Å². The lowest BCUT2D eigenvalue weighted by Crippen LogP contribution is -2.44. The summed E-state index contributed by atoms with van der Waals surface area (Å²) in [7, 11) is 1.23. The van der Waals surface area contributed by atoms with E-state index in [-0.39, 0.29) is 29.7 Å². The smallest absolute Gasteiger partial charge is 0.247 e. The van der Waals surface area contributed by atoms with Crippen molar-refractivity contribution in [2.45, 2.75) is 49.6 Å². The molecule has 4 aromatic carbocycles. The lowest BCUT2D eigenvalue weighted by Gasteiger charge is -2.32. The molecule has 4 aromatic rings. The van der Waals surface area contributed by atoms with E-state index in [1.807, 2.05) is 72.8 Å². The number of carbonyl (C=O) groups excluding carboxylic acids is 2. The van der Waals surface area contributed by atoms with Crippen molar-refractivity contribution in [3.8, 4) is 17.2 Å². The van der Waals surface area contributed by atoms with Crippen LogP contribution in [0.5, 0.6) is 17.2 Å². The van der Waals surface area contributed by atoms with Gasteiger partial charge in [0.25, 0.3) is 0 Å².